The molecule has 0 radical (unpaired) electrons. The third-order valence-electron chi connectivity index (χ3n) is 4.52. The number of carboxylic acids is 1. The summed E-state index contributed by atoms with van der Waals surface area (Å²) >= 11 is 0. The first kappa shape index (κ1) is 17.8. The number of hydrogen-bond acceptors (Lipinski definition) is 3. The van der Waals surface area contributed by atoms with E-state index in [1.54, 1.807) is 12.0 Å². The van der Waals surface area contributed by atoms with Gasteiger partial charge in [-0.05, 0) is 25.7 Å². The molecule has 0 saturated heterocycles. The number of aliphatic carboxylic acids is 1. The molecule has 122 valence electrons. The number of urea groups is 1. The van der Waals surface area contributed by atoms with Gasteiger partial charge in [-0.3, -0.25) is 4.79 Å². The highest BCUT2D eigenvalue weighted by molar-refractivity contribution is 5.79. The molecule has 1 fully saturated rings. The van der Waals surface area contributed by atoms with Crippen LogP contribution in [0.4, 0.5) is 4.79 Å². The molecule has 1 saturated carbocycles. The molecule has 0 aromatic heterocycles. The van der Waals surface area contributed by atoms with Gasteiger partial charge >= 0.3 is 12.0 Å². The molecule has 6 nitrogen and oxygen atoms in total. The first-order chi connectivity index (χ1) is 10.0. The fraction of sp³-hybridized carbons (Fsp3) is 0.867. The van der Waals surface area contributed by atoms with Crippen LogP contribution in [0, 0.1) is 5.41 Å². The third-order valence-corrected chi connectivity index (χ3v) is 4.52. The maximum Gasteiger partial charge on any atom is 0.317 e. The lowest BCUT2D eigenvalue weighted by Crippen LogP contribution is -2.53. The lowest BCUT2D eigenvalue weighted by molar-refractivity contribution is -0.153. The van der Waals surface area contributed by atoms with E-state index in [9.17, 15) is 14.7 Å². The second kappa shape index (κ2) is 8.22. The summed E-state index contributed by atoms with van der Waals surface area (Å²) in [5.41, 5.74) is -0.753. The van der Waals surface area contributed by atoms with Gasteiger partial charge in [0.2, 0.25) is 0 Å². The zero-order chi connectivity index (χ0) is 15.9. The minimum atomic E-state index is -0.806. The van der Waals surface area contributed by atoms with E-state index < -0.39 is 11.4 Å². The lowest BCUT2D eigenvalue weighted by Gasteiger charge is -2.39. The van der Waals surface area contributed by atoms with Crippen molar-refractivity contribution in [2.75, 3.05) is 26.8 Å². The molecule has 0 spiro atoms. The molecule has 2 amide bonds. The summed E-state index contributed by atoms with van der Waals surface area (Å²) in [6.07, 6.45) is 3.95. The Labute approximate surface area is 126 Å². The van der Waals surface area contributed by atoms with Crippen molar-refractivity contribution in [2.45, 2.75) is 52.0 Å². The second-order valence-corrected chi connectivity index (χ2v) is 5.75. The predicted molar refractivity (Wildman–Crippen MR) is 80.3 cm³/mol. The molecule has 1 rings (SSSR count). The van der Waals surface area contributed by atoms with E-state index in [4.69, 9.17) is 4.74 Å². The average molecular weight is 300 g/mol. The minimum absolute atomic E-state index is 0.155. The number of methoxy groups -OCH3 is 1. The summed E-state index contributed by atoms with van der Waals surface area (Å²) in [5.74, 6) is -0.806. The number of ether oxygens (including phenoxy) is 1. The quantitative estimate of drug-likeness (QED) is 0.683. The lowest BCUT2D eigenvalue weighted by atomic mass is 9.69. The Morgan fingerprint density at radius 2 is 1.95 bits per heavy atom. The van der Waals surface area contributed by atoms with Gasteiger partial charge in [-0.15, -0.1) is 0 Å². The van der Waals surface area contributed by atoms with Crippen LogP contribution in [0.25, 0.3) is 0 Å². The molecule has 0 heterocycles. The van der Waals surface area contributed by atoms with Crippen LogP contribution in [0.1, 0.15) is 46.0 Å². The van der Waals surface area contributed by atoms with Crippen molar-refractivity contribution in [3.8, 4) is 0 Å². The summed E-state index contributed by atoms with van der Waals surface area (Å²) in [6, 6.07) is -0.0319. The van der Waals surface area contributed by atoms with Gasteiger partial charge in [-0.25, -0.2) is 4.79 Å². The molecule has 0 aromatic rings. The molecule has 2 N–H and O–H groups in total. The number of nitrogens with one attached hydrogen (secondary N) is 1. The first-order valence-electron chi connectivity index (χ1n) is 7.77. The molecule has 1 aliphatic carbocycles. The number of nitrogens with zero attached hydrogens (tertiary/aromatic N) is 1. The number of hydrogen-bond donors (Lipinski definition) is 2. The van der Waals surface area contributed by atoms with Crippen molar-refractivity contribution in [3.05, 3.63) is 0 Å². The van der Waals surface area contributed by atoms with Crippen LogP contribution >= 0.6 is 0 Å². The standard InChI is InChI=1S/C15H28N2O4/c1-4-12(5-2)17(9-10-21-3)14(20)16-11-15(13(18)19)7-6-8-15/h12H,4-11H2,1-3H3,(H,16,20)(H,18,19). The number of carboxylic acid groups (broad SMARTS) is 1. The highest BCUT2D eigenvalue weighted by Gasteiger charge is 2.44. The van der Waals surface area contributed by atoms with E-state index in [1.165, 1.54) is 0 Å². The summed E-state index contributed by atoms with van der Waals surface area (Å²) in [4.78, 5) is 25.5. The molecule has 1 aliphatic rings. The van der Waals surface area contributed by atoms with Gasteiger partial charge in [0, 0.05) is 26.2 Å². The van der Waals surface area contributed by atoms with Gasteiger partial charge in [-0.2, -0.15) is 0 Å². The van der Waals surface area contributed by atoms with E-state index in [-0.39, 0.29) is 18.6 Å². The molecule has 0 unspecified atom stereocenters. The van der Waals surface area contributed by atoms with Gasteiger partial charge in [0.25, 0.3) is 0 Å². The highest BCUT2D eigenvalue weighted by Crippen LogP contribution is 2.40. The Bertz CT molecular complexity index is 352. The van der Waals surface area contributed by atoms with Crippen LogP contribution < -0.4 is 5.32 Å². The largest absolute Gasteiger partial charge is 0.481 e. The first-order valence-corrected chi connectivity index (χ1v) is 7.77. The van der Waals surface area contributed by atoms with Crippen LogP contribution in [0.3, 0.4) is 0 Å². The molecular formula is C15H28N2O4. The Balaban J connectivity index is 2.61. The number of amides is 2. The average Bonchev–Trinajstić information content (AvgIpc) is 2.41. The molecule has 0 atom stereocenters. The van der Waals surface area contributed by atoms with Crippen LogP contribution in [-0.4, -0.2) is 54.9 Å². The van der Waals surface area contributed by atoms with Crippen LogP contribution in [0.15, 0.2) is 0 Å². The van der Waals surface area contributed by atoms with Crippen molar-refractivity contribution < 1.29 is 19.4 Å². The Morgan fingerprint density at radius 1 is 1.33 bits per heavy atom. The number of carbonyl (C=O) groups is 2. The fourth-order valence-corrected chi connectivity index (χ4v) is 2.79. The van der Waals surface area contributed by atoms with Crippen molar-refractivity contribution in [1.29, 1.82) is 0 Å². The van der Waals surface area contributed by atoms with Gasteiger partial charge in [0.1, 0.15) is 0 Å². The van der Waals surface area contributed by atoms with E-state index >= 15 is 0 Å². The zero-order valence-electron chi connectivity index (χ0n) is 13.4. The van der Waals surface area contributed by atoms with Crippen molar-refractivity contribution in [1.82, 2.24) is 10.2 Å². The third kappa shape index (κ3) is 4.33. The van der Waals surface area contributed by atoms with Crippen LogP contribution in [0.5, 0.6) is 0 Å². The van der Waals surface area contributed by atoms with E-state index in [1.807, 2.05) is 13.8 Å². The van der Waals surface area contributed by atoms with E-state index in [0.29, 0.717) is 26.0 Å². The maximum atomic E-state index is 12.4. The molecule has 0 aliphatic heterocycles. The summed E-state index contributed by atoms with van der Waals surface area (Å²) < 4.78 is 5.06. The predicted octanol–water partition coefficient (Wildman–Crippen LogP) is 2.09. The Morgan fingerprint density at radius 3 is 2.33 bits per heavy atom. The van der Waals surface area contributed by atoms with E-state index in [0.717, 1.165) is 19.3 Å². The Kier molecular flexibility index (Phi) is 6.95. The summed E-state index contributed by atoms with van der Waals surface area (Å²) in [6.45, 7) is 5.31. The topological polar surface area (TPSA) is 78.9 Å². The molecule has 0 bridgehead atoms. The highest BCUT2D eigenvalue weighted by atomic mass is 16.5. The smallest absolute Gasteiger partial charge is 0.317 e. The summed E-state index contributed by atoms with van der Waals surface area (Å²) in [7, 11) is 1.61. The molecule has 6 heteroatoms. The molecule has 21 heavy (non-hydrogen) atoms. The van der Waals surface area contributed by atoms with Gasteiger partial charge in [0.05, 0.1) is 12.0 Å². The second-order valence-electron chi connectivity index (χ2n) is 5.75. The SMILES string of the molecule is CCC(CC)N(CCOC)C(=O)NCC1(C(=O)O)CCC1. The monoisotopic (exact) mass is 300 g/mol. The minimum Gasteiger partial charge on any atom is -0.481 e. The number of carbonyl (C=O) groups excluding carboxylic acids is 1. The fourth-order valence-electron chi connectivity index (χ4n) is 2.79. The van der Waals surface area contributed by atoms with Gasteiger partial charge < -0.3 is 20.1 Å². The van der Waals surface area contributed by atoms with Crippen molar-refractivity contribution in [3.63, 3.8) is 0 Å². The van der Waals surface area contributed by atoms with Crippen molar-refractivity contribution in [2.24, 2.45) is 5.41 Å². The van der Waals surface area contributed by atoms with Gasteiger partial charge in [0.15, 0.2) is 0 Å². The summed E-state index contributed by atoms with van der Waals surface area (Å²) in [5, 5.41) is 12.1. The molecular weight excluding hydrogens is 272 g/mol. The van der Waals surface area contributed by atoms with E-state index in [2.05, 4.69) is 5.32 Å². The zero-order valence-corrected chi connectivity index (χ0v) is 13.4. The maximum absolute atomic E-state index is 12.4. The normalized spacial score (nSPS) is 16.4. The van der Waals surface area contributed by atoms with Crippen LogP contribution in [-0.2, 0) is 9.53 Å². The number of rotatable bonds is 9. The van der Waals surface area contributed by atoms with Gasteiger partial charge in [-0.1, -0.05) is 20.3 Å². The molecule has 0 aromatic carbocycles. The van der Waals surface area contributed by atoms with Crippen LogP contribution in [0.2, 0.25) is 0 Å². The van der Waals surface area contributed by atoms with Crippen molar-refractivity contribution >= 4 is 12.0 Å². The Hall–Kier alpha value is -1.30.